The molecule has 0 heterocycles. The number of carbonyl (C=O) groups excluding carboxylic acids is 1. The molecule has 18 heavy (non-hydrogen) atoms. The number of amides is 1. The van der Waals surface area contributed by atoms with Crippen molar-refractivity contribution in [3.8, 4) is 0 Å². The van der Waals surface area contributed by atoms with E-state index >= 15 is 0 Å². The van der Waals surface area contributed by atoms with Gasteiger partial charge in [0.05, 0.1) is 5.54 Å². The lowest BCUT2D eigenvalue weighted by Crippen LogP contribution is -2.56. The summed E-state index contributed by atoms with van der Waals surface area (Å²) >= 11 is 0. The topological polar surface area (TPSA) is 58.4 Å². The van der Waals surface area contributed by atoms with E-state index in [4.69, 9.17) is 5.73 Å². The van der Waals surface area contributed by atoms with Crippen LogP contribution in [0.15, 0.2) is 0 Å². The van der Waals surface area contributed by atoms with E-state index in [1.807, 2.05) is 13.8 Å². The maximum Gasteiger partial charge on any atom is 0.237 e. The summed E-state index contributed by atoms with van der Waals surface area (Å²) in [6, 6.07) is 1.04. The summed E-state index contributed by atoms with van der Waals surface area (Å²) in [6.07, 6.45) is 6.01. The third-order valence-corrected chi connectivity index (χ3v) is 4.41. The monoisotopic (exact) mass is 255 g/mol. The Kier molecular flexibility index (Phi) is 5.60. The molecule has 106 valence electrons. The Labute approximate surface area is 111 Å². The van der Waals surface area contributed by atoms with Gasteiger partial charge in [-0.3, -0.25) is 4.79 Å². The Morgan fingerprint density at radius 1 is 1.50 bits per heavy atom. The summed E-state index contributed by atoms with van der Waals surface area (Å²) in [5.41, 5.74) is 4.94. The smallest absolute Gasteiger partial charge is 0.237 e. The summed E-state index contributed by atoms with van der Waals surface area (Å²) in [5.74, 6) is -0.254. The third kappa shape index (κ3) is 3.69. The number of rotatable bonds is 7. The number of nitrogens with one attached hydrogen (secondary N) is 1. The molecule has 2 unspecified atom stereocenters. The molecule has 4 heteroatoms. The van der Waals surface area contributed by atoms with Crippen LogP contribution in [-0.2, 0) is 4.79 Å². The molecular weight excluding hydrogens is 226 g/mol. The zero-order chi connectivity index (χ0) is 13.8. The fourth-order valence-corrected chi connectivity index (χ4v) is 3.06. The first-order valence-corrected chi connectivity index (χ1v) is 7.17. The van der Waals surface area contributed by atoms with Crippen LogP contribution in [0.5, 0.6) is 0 Å². The zero-order valence-corrected chi connectivity index (χ0v) is 12.3. The standard InChI is InChI=1S/C14H29N3O/c1-5-16-14(3,13(15)18)10-11(2)17(4)12-8-6-7-9-12/h11-12,16H,5-10H2,1-4H3,(H2,15,18). The second-order valence-corrected chi connectivity index (χ2v) is 5.88. The molecule has 0 saturated heterocycles. The second-order valence-electron chi connectivity index (χ2n) is 5.88. The molecule has 1 aliphatic rings. The van der Waals surface area contributed by atoms with Crippen molar-refractivity contribution < 1.29 is 4.79 Å². The van der Waals surface area contributed by atoms with Gasteiger partial charge in [-0.1, -0.05) is 19.8 Å². The molecule has 0 radical (unpaired) electrons. The number of primary amides is 1. The molecule has 0 aromatic rings. The van der Waals surface area contributed by atoms with Crippen molar-refractivity contribution >= 4 is 5.91 Å². The Bertz CT molecular complexity index is 276. The first kappa shape index (κ1) is 15.4. The molecule has 1 amide bonds. The third-order valence-electron chi connectivity index (χ3n) is 4.41. The van der Waals surface area contributed by atoms with Crippen LogP contribution in [0.3, 0.4) is 0 Å². The molecular formula is C14H29N3O. The number of likely N-dealkylation sites (N-methyl/N-ethyl adjacent to an activating group) is 1. The molecule has 1 aliphatic carbocycles. The van der Waals surface area contributed by atoms with Gasteiger partial charge in [0.1, 0.15) is 0 Å². The van der Waals surface area contributed by atoms with E-state index in [0.717, 1.165) is 13.0 Å². The van der Waals surface area contributed by atoms with Gasteiger partial charge in [0.15, 0.2) is 0 Å². The van der Waals surface area contributed by atoms with E-state index in [-0.39, 0.29) is 5.91 Å². The van der Waals surface area contributed by atoms with Gasteiger partial charge in [0.2, 0.25) is 5.91 Å². The molecule has 0 aromatic carbocycles. The molecule has 4 nitrogen and oxygen atoms in total. The van der Waals surface area contributed by atoms with Crippen LogP contribution in [0, 0.1) is 0 Å². The number of carbonyl (C=O) groups is 1. The first-order chi connectivity index (χ1) is 8.40. The highest BCUT2D eigenvalue weighted by Gasteiger charge is 2.34. The molecule has 0 spiro atoms. The zero-order valence-electron chi connectivity index (χ0n) is 12.3. The van der Waals surface area contributed by atoms with E-state index in [2.05, 4.69) is 24.2 Å². The van der Waals surface area contributed by atoms with Crippen molar-refractivity contribution in [1.82, 2.24) is 10.2 Å². The van der Waals surface area contributed by atoms with Gasteiger partial charge in [0.25, 0.3) is 0 Å². The Morgan fingerprint density at radius 3 is 2.50 bits per heavy atom. The van der Waals surface area contributed by atoms with Gasteiger partial charge in [-0.15, -0.1) is 0 Å². The molecule has 1 rings (SSSR count). The summed E-state index contributed by atoms with van der Waals surface area (Å²) in [5, 5.41) is 3.23. The lowest BCUT2D eigenvalue weighted by Gasteiger charge is -2.36. The highest BCUT2D eigenvalue weighted by molar-refractivity contribution is 5.84. The van der Waals surface area contributed by atoms with Crippen molar-refractivity contribution in [1.29, 1.82) is 0 Å². The normalized spacial score (nSPS) is 22.1. The van der Waals surface area contributed by atoms with Crippen LogP contribution in [0.1, 0.15) is 52.9 Å². The average Bonchev–Trinajstić information content (AvgIpc) is 2.81. The Balaban J connectivity index is 2.59. The van der Waals surface area contributed by atoms with Crippen LogP contribution in [0.2, 0.25) is 0 Å². The van der Waals surface area contributed by atoms with Gasteiger partial charge in [-0.25, -0.2) is 0 Å². The Hall–Kier alpha value is -0.610. The molecule has 0 aliphatic heterocycles. The summed E-state index contributed by atoms with van der Waals surface area (Å²) < 4.78 is 0. The van der Waals surface area contributed by atoms with Crippen LogP contribution in [0.4, 0.5) is 0 Å². The van der Waals surface area contributed by atoms with E-state index in [0.29, 0.717) is 12.1 Å². The molecule has 2 atom stereocenters. The summed E-state index contributed by atoms with van der Waals surface area (Å²) in [6.45, 7) is 6.88. The Morgan fingerprint density at radius 2 is 2.06 bits per heavy atom. The highest BCUT2D eigenvalue weighted by Crippen LogP contribution is 2.26. The van der Waals surface area contributed by atoms with Crippen LogP contribution in [-0.4, -0.2) is 42.0 Å². The van der Waals surface area contributed by atoms with Gasteiger partial charge >= 0.3 is 0 Å². The highest BCUT2D eigenvalue weighted by atomic mass is 16.1. The number of hydrogen-bond acceptors (Lipinski definition) is 3. The minimum atomic E-state index is -0.596. The lowest BCUT2D eigenvalue weighted by atomic mass is 9.91. The maximum atomic E-state index is 11.6. The van der Waals surface area contributed by atoms with Crippen LogP contribution < -0.4 is 11.1 Å². The summed E-state index contributed by atoms with van der Waals surface area (Å²) in [4.78, 5) is 14.1. The fraction of sp³-hybridized carbons (Fsp3) is 0.929. The minimum absolute atomic E-state index is 0.254. The van der Waals surface area contributed by atoms with E-state index in [1.165, 1.54) is 25.7 Å². The molecule has 1 fully saturated rings. The summed E-state index contributed by atoms with van der Waals surface area (Å²) in [7, 11) is 2.17. The van der Waals surface area contributed by atoms with Crippen molar-refractivity contribution in [3.05, 3.63) is 0 Å². The molecule has 1 saturated carbocycles. The van der Waals surface area contributed by atoms with Gasteiger partial charge < -0.3 is 16.0 Å². The van der Waals surface area contributed by atoms with Gasteiger partial charge in [-0.2, -0.15) is 0 Å². The molecule has 0 bridgehead atoms. The van der Waals surface area contributed by atoms with E-state index in [9.17, 15) is 4.79 Å². The van der Waals surface area contributed by atoms with Crippen molar-refractivity contribution in [2.24, 2.45) is 5.73 Å². The van der Waals surface area contributed by atoms with Gasteiger partial charge in [0, 0.05) is 12.1 Å². The predicted molar refractivity (Wildman–Crippen MR) is 75.4 cm³/mol. The number of nitrogens with two attached hydrogens (primary N) is 1. The van der Waals surface area contributed by atoms with E-state index < -0.39 is 5.54 Å². The maximum absolute atomic E-state index is 11.6. The first-order valence-electron chi connectivity index (χ1n) is 7.17. The SMILES string of the molecule is CCNC(C)(CC(C)N(C)C1CCCC1)C(N)=O. The largest absolute Gasteiger partial charge is 0.368 e. The average molecular weight is 255 g/mol. The van der Waals surface area contributed by atoms with Crippen molar-refractivity contribution in [3.63, 3.8) is 0 Å². The minimum Gasteiger partial charge on any atom is -0.368 e. The van der Waals surface area contributed by atoms with Crippen LogP contribution >= 0.6 is 0 Å². The quantitative estimate of drug-likeness (QED) is 0.724. The fourth-order valence-electron chi connectivity index (χ4n) is 3.06. The second kappa shape index (κ2) is 6.53. The van der Waals surface area contributed by atoms with Gasteiger partial charge in [-0.05, 0) is 46.7 Å². The number of nitrogens with zero attached hydrogens (tertiary/aromatic N) is 1. The van der Waals surface area contributed by atoms with Crippen LogP contribution in [0.25, 0.3) is 0 Å². The molecule has 0 aromatic heterocycles. The van der Waals surface area contributed by atoms with Crippen molar-refractivity contribution in [2.75, 3.05) is 13.6 Å². The van der Waals surface area contributed by atoms with E-state index in [1.54, 1.807) is 0 Å². The predicted octanol–water partition coefficient (Wildman–Crippen LogP) is 1.49. The number of hydrogen-bond donors (Lipinski definition) is 2. The lowest BCUT2D eigenvalue weighted by molar-refractivity contribution is -0.124. The molecule has 3 N–H and O–H groups in total. The van der Waals surface area contributed by atoms with Crippen molar-refractivity contribution in [2.45, 2.75) is 70.5 Å².